The minimum atomic E-state index is -3.75. The molecule has 0 bridgehead atoms. The van der Waals surface area contributed by atoms with Crippen molar-refractivity contribution in [3.8, 4) is 11.5 Å². The lowest BCUT2D eigenvalue weighted by Gasteiger charge is -2.24. The van der Waals surface area contributed by atoms with E-state index in [0.717, 1.165) is 16.8 Å². The normalized spacial score (nSPS) is 12.8. The van der Waals surface area contributed by atoms with Gasteiger partial charge in [0.15, 0.2) is 11.5 Å². The molecule has 0 amide bonds. The van der Waals surface area contributed by atoms with Gasteiger partial charge in [-0.1, -0.05) is 54.6 Å². The van der Waals surface area contributed by atoms with Crippen molar-refractivity contribution in [2.75, 3.05) is 24.9 Å². The van der Waals surface area contributed by atoms with E-state index in [9.17, 15) is 8.42 Å². The van der Waals surface area contributed by atoms with Crippen LogP contribution in [0.1, 0.15) is 28.8 Å². The van der Waals surface area contributed by atoms with Crippen LogP contribution in [0.2, 0.25) is 0 Å². The van der Waals surface area contributed by atoms with Crippen LogP contribution in [0.3, 0.4) is 0 Å². The van der Waals surface area contributed by atoms with Crippen LogP contribution in [-0.2, 0) is 10.0 Å². The molecule has 0 aromatic heterocycles. The van der Waals surface area contributed by atoms with Crippen LogP contribution in [0.4, 0.5) is 5.69 Å². The third kappa shape index (κ3) is 7.32. The molecular formula is C30H31ClN4O4S. The fraction of sp³-hybridized carbons (Fsp3) is 0.167. The first kappa shape index (κ1) is 28.9. The zero-order valence-corrected chi connectivity index (χ0v) is 23.5. The molecular weight excluding hydrogens is 548 g/mol. The van der Waals surface area contributed by atoms with E-state index in [1.165, 1.54) is 0 Å². The van der Waals surface area contributed by atoms with Crippen molar-refractivity contribution in [2.24, 2.45) is 5.73 Å². The van der Waals surface area contributed by atoms with Crippen LogP contribution in [-0.4, -0.2) is 33.8 Å². The number of alkyl halides is 1. The number of amidine groups is 1. The second-order valence-corrected chi connectivity index (χ2v) is 11.0. The number of nitrogen functional groups attached to an aromatic ring is 1. The van der Waals surface area contributed by atoms with Crippen LogP contribution < -0.4 is 25.2 Å². The molecule has 2 unspecified atom stereocenters. The van der Waals surface area contributed by atoms with Crippen LogP contribution in [0, 0.1) is 5.41 Å². The number of hydrogen-bond donors (Lipinski definition) is 4. The lowest BCUT2D eigenvalue weighted by molar-refractivity contribution is 0.219. The van der Waals surface area contributed by atoms with Gasteiger partial charge in [-0.2, -0.15) is 0 Å². The minimum absolute atomic E-state index is 0.0372. The lowest BCUT2D eigenvalue weighted by atomic mass is 10.0. The summed E-state index contributed by atoms with van der Waals surface area (Å²) < 4.78 is 40.5. The Morgan fingerprint density at radius 1 is 0.900 bits per heavy atom. The van der Waals surface area contributed by atoms with Gasteiger partial charge in [-0.25, -0.2) is 13.1 Å². The summed E-state index contributed by atoms with van der Waals surface area (Å²) in [6.07, 6.45) is -0.381. The Morgan fingerprint density at radius 3 is 2.15 bits per heavy atom. The summed E-state index contributed by atoms with van der Waals surface area (Å²) in [5, 5.41) is 11.0. The summed E-state index contributed by atoms with van der Waals surface area (Å²) in [6.45, 7) is 0.0450. The molecule has 4 aromatic carbocycles. The molecule has 0 spiro atoms. The molecule has 208 valence electrons. The van der Waals surface area contributed by atoms with E-state index < -0.39 is 16.1 Å². The molecule has 4 aromatic rings. The molecule has 0 saturated carbocycles. The Labute approximate surface area is 239 Å². The first-order chi connectivity index (χ1) is 19.3. The molecule has 4 rings (SSSR count). The highest BCUT2D eigenvalue weighted by molar-refractivity contribution is 7.89. The van der Waals surface area contributed by atoms with Gasteiger partial charge >= 0.3 is 0 Å². The summed E-state index contributed by atoms with van der Waals surface area (Å²) in [4.78, 5) is 0.175. The number of nitrogens with two attached hydrogens (primary N) is 1. The van der Waals surface area contributed by atoms with Gasteiger partial charge in [0.1, 0.15) is 11.9 Å². The Kier molecular flexibility index (Phi) is 9.65. The molecule has 8 nitrogen and oxygen atoms in total. The van der Waals surface area contributed by atoms with Crippen LogP contribution in [0.5, 0.6) is 11.5 Å². The highest BCUT2D eigenvalue weighted by Gasteiger charge is 2.21. The van der Waals surface area contributed by atoms with E-state index in [2.05, 4.69) is 10.0 Å². The van der Waals surface area contributed by atoms with Crippen LogP contribution in [0.25, 0.3) is 0 Å². The maximum absolute atomic E-state index is 13.0. The van der Waals surface area contributed by atoms with Gasteiger partial charge in [0.2, 0.25) is 10.0 Å². The summed E-state index contributed by atoms with van der Waals surface area (Å²) in [5.74, 6) is 1.20. The van der Waals surface area contributed by atoms with Crippen LogP contribution in [0.15, 0.2) is 108 Å². The molecule has 0 aliphatic carbocycles. The average Bonchev–Trinajstić information content (AvgIpc) is 2.99. The first-order valence-electron chi connectivity index (χ1n) is 12.5. The molecule has 0 heterocycles. The van der Waals surface area contributed by atoms with Gasteiger partial charge in [0.25, 0.3) is 0 Å². The van der Waals surface area contributed by atoms with Gasteiger partial charge in [0.05, 0.1) is 23.9 Å². The molecule has 0 fully saturated rings. The Morgan fingerprint density at radius 2 is 1.55 bits per heavy atom. The van der Waals surface area contributed by atoms with E-state index in [1.807, 2.05) is 42.5 Å². The van der Waals surface area contributed by atoms with Crippen molar-refractivity contribution >= 4 is 33.1 Å². The van der Waals surface area contributed by atoms with E-state index in [-0.39, 0.29) is 29.3 Å². The lowest BCUT2D eigenvalue weighted by Crippen LogP contribution is -2.31. The fourth-order valence-corrected chi connectivity index (χ4v) is 5.39. The van der Waals surface area contributed by atoms with Gasteiger partial charge in [0, 0.05) is 17.8 Å². The standard InChI is InChI=1S/C30H31ClN4O4S/c1-38-28-18-23(14-17-27(28)39-29(19-31)21-8-4-2-5-9-21)26(35-24-15-12-22(13-16-24)30(32)33)20-34-40(36,37)25-10-6-3-7-11-25/h2-18,26,29,34-35H,19-20H2,1H3,(H3,32,33). The third-order valence-electron chi connectivity index (χ3n) is 6.24. The number of sulfonamides is 1. The minimum Gasteiger partial charge on any atom is -0.493 e. The largest absolute Gasteiger partial charge is 0.493 e. The first-order valence-corrected chi connectivity index (χ1v) is 14.5. The number of ether oxygens (including phenoxy) is 2. The Hall–Kier alpha value is -4.05. The predicted molar refractivity (Wildman–Crippen MR) is 159 cm³/mol. The molecule has 5 N–H and O–H groups in total. The second kappa shape index (κ2) is 13.3. The highest BCUT2D eigenvalue weighted by Crippen LogP contribution is 2.35. The molecule has 0 aliphatic rings. The van der Waals surface area contributed by atoms with Gasteiger partial charge in [-0.3, -0.25) is 5.41 Å². The maximum Gasteiger partial charge on any atom is 0.240 e. The zero-order chi connectivity index (χ0) is 28.5. The monoisotopic (exact) mass is 578 g/mol. The summed E-state index contributed by atoms with van der Waals surface area (Å²) >= 11 is 6.22. The zero-order valence-electron chi connectivity index (χ0n) is 21.9. The SMILES string of the molecule is COc1cc(C(CNS(=O)(=O)c2ccccc2)Nc2ccc(C(=N)N)cc2)ccc1OC(CCl)c1ccccc1. The summed E-state index contributed by atoms with van der Waals surface area (Å²) in [5.41, 5.74) is 8.59. The molecule has 2 atom stereocenters. The molecule has 0 radical (unpaired) electrons. The van der Waals surface area contributed by atoms with Crippen molar-refractivity contribution in [1.29, 1.82) is 5.41 Å². The van der Waals surface area contributed by atoms with E-state index >= 15 is 0 Å². The van der Waals surface area contributed by atoms with Crippen molar-refractivity contribution in [1.82, 2.24) is 4.72 Å². The maximum atomic E-state index is 13.0. The van der Waals surface area contributed by atoms with E-state index in [1.54, 1.807) is 67.8 Å². The Balaban J connectivity index is 1.62. The molecule has 0 saturated heterocycles. The van der Waals surface area contributed by atoms with E-state index in [0.29, 0.717) is 17.1 Å². The topological polar surface area (TPSA) is 127 Å². The quantitative estimate of drug-likeness (QED) is 0.0946. The van der Waals surface area contributed by atoms with Crippen LogP contribution >= 0.6 is 11.6 Å². The average molecular weight is 579 g/mol. The van der Waals surface area contributed by atoms with Gasteiger partial charge in [-0.15, -0.1) is 11.6 Å². The van der Waals surface area contributed by atoms with Gasteiger partial charge < -0.3 is 20.5 Å². The van der Waals surface area contributed by atoms with Crippen molar-refractivity contribution in [3.63, 3.8) is 0 Å². The molecule has 40 heavy (non-hydrogen) atoms. The second-order valence-electron chi connectivity index (χ2n) is 8.93. The fourth-order valence-electron chi connectivity index (χ4n) is 4.08. The van der Waals surface area contributed by atoms with Crippen molar-refractivity contribution in [3.05, 3.63) is 120 Å². The summed E-state index contributed by atoms with van der Waals surface area (Å²) in [7, 11) is -2.21. The highest BCUT2D eigenvalue weighted by atomic mass is 35.5. The van der Waals surface area contributed by atoms with E-state index in [4.69, 9.17) is 32.2 Å². The van der Waals surface area contributed by atoms with Gasteiger partial charge in [-0.05, 0) is 59.7 Å². The number of anilines is 1. The number of nitrogens with one attached hydrogen (secondary N) is 3. The Bertz CT molecular complexity index is 1520. The summed E-state index contributed by atoms with van der Waals surface area (Å²) in [6, 6.07) is 29.9. The van der Waals surface area contributed by atoms with Crippen molar-refractivity contribution in [2.45, 2.75) is 17.0 Å². The number of benzene rings is 4. The number of methoxy groups -OCH3 is 1. The van der Waals surface area contributed by atoms with Crippen molar-refractivity contribution < 1.29 is 17.9 Å². The predicted octanol–water partition coefficient (Wildman–Crippen LogP) is 5.47. The molecule has 10 heteroatoms. The number of hydrogen-bond acceptors (Lipinski definition) is 6. The number of halogens is 1. The smallest absolute Gasteiger partial charge is 0.240 e. The third-order valence-corrected chi connectivity index (χ3v) is 7.96. The molecule has 0 aliphatic heterocycles. The number of rotatable bonds is 13.